The van der Waals surface area contributed by atoms with Crippen molar-refractivity contribution in [1.82, 2.24) is 4.90 Å². The van der Waals surface area contributed by atoms with Crippen molar-refractivity contribution in [3.8, 4) is 0 Å². The first kappa shape index (κ1) is 15.5. The molecule has 0 radical (unpaired) electrons. The summed E-state index contributed by atoms with van der Waals surface area (Å²) >= 11 is 0. The molecule has 1 aliphatic heterocycles. The van der Waals surface area contributed by atoms with E-state index in [1.807, 2.05) is 13.8 Å². The van der Waals surface area contributed by atoms with Crippen molar-refractivity contribution < 1.29 is 14.7 Å². The molecule has 2 fully saturated rings. The normalized spacial score (nSPS) is 25.6. The Kier molecular flexibility index (Phi) is 4.24. The molecule has 0 aromatic carbocycles. The van der Waals surface area contributed by atoms with Gasteiger partial charge in [-0.1, -0.05) is 26.7 Å². The van der Waals surface area contributed by atoms with Gasteiger partial charge in [0.2, 0.25) is 11.8 Å². The predicted octanol–water partition coefficient (Wildman–Crippen LogP) is 2.49. The molecule has 1 aliphatic carbocycles. The van der Waals surface area contributed by atoms with Gasteiger partial charge in [-0.15, -0.1) is 0 Å². The molecule has 4 heteroatoms. The minimum absolute atomic E-state index is 0.0609. The number of β-amino-alcohol motifs (C(OH)–C–C–N with tert-alkyl or cyclic N) is 1. The first-order chi connectivity index (χ1) is 9.23. The number of aliphatic hydroxyl groups is 1. The lowest BCUT2D eigenvalue weighted by molar-refractivity contribution is -0.157. The molecule has 1 saturated carbocycles. The van der Waals surface area contributed by atoms with Gasteiger partial charge in [0, 0.05) is 12.8 Å². The van der Waals surface area contributed by atoms with Gasteiger partial charge >= 0.3 is 0 Å². The number of carbonyl (C=O) groups excluding carboxylic acids is 2. The molecular weight excluding hydrogens is 254 g/mol. The van der Waals surface area contributed by atoms with Gasteiger partial charge in [0.05, 0.1) is 12.1 Å². The lowest BCUT2D eigenvalue weighted by atomic mass is 9.76. The van der Waals surface area contributed by atoms with Gasteiger partial charge in [-0.05, 0) is 37.5 Å². The van der Waals surface area contributed by atoms with Gasteiger partial charge in [-0.3, -0.25) is 14.5 Å². The summed E-state index contributed by atoms with van der Waals surface area (Å²) in [6.45, 7) is 5.91. The van der Waals surface area contributed by atoms with E-state index in [1.54, 1.807) is 6.92 Å². The monoisotopic (exact) mass is 281 g/mol. The van der Waals surface area contributed by atoms with Crippen LogP contribution in [0.3, 0.4) is 0 Å². The summed E-state index contributed by atoms with van der Waals surface area (Å²) in [5.74, 6) is 0.153. The topological polar surface area (TPSA) is 57.6 Å². The number of hydrogen-bond donors (Lipinski definition) is 1. The van der Waals surface area contributed by atoms with Crippen molar-refractivity contribution in [3.63, 3.8) is 0 Å². The maximum atomic E-state index is 12.3. The van der Waals surface area contributed by atoms with Crippen LogP contribution in [-0.2, 0) is 9.59 Å². The Morgan fingerprint density at radius 2 is 1.70 bits per heavy atom. The Hall–Kier alpha value is -0.900. The van der Waals surface area contributed by atoms with Crippen molar-refractivity contribution >= 4 is 11.8 Å². The zero-order valence-electron chi connectivity index (χ0n) is 12.9. The number of amides is 2. The number of imide groups is 1. The van der Waals surface area contributed by atoms with Crippen molar-refractivity contribution in [3.05, 3.63) is 0 Å². The second-order valence-electron chi connectivity index (χ2n) is 7.53. The Balaban J connectivity index is 2.03. The molecule has 1 atom stereocenters. The first-order valence-electron chi connectivity index (χ1n) is 7.79. The van der Waals surface area contributed by atoms with E-state index in [2.05, 4.69) is 0 Å². The van der Waals surface area contributed by atoms with Gasteiger partial charge in [-0.25, -0.2) is 0 Å². The number of hydrogen-bond acceptors (Lipinski definition) is 3. The summed E-state index contributed by atoms with van der Waals surface area (Å²) in [5, 5.41) is 10.4. The van der Waals surface area contributed by atoms with E-state index in [1.165, 1.54) is 4.90 Å². The Labute approximate surface area is 121 Å². The molecule has 1 saturated heterocycles. The van der Waals surface area contributed by atoms with E-state index in [-0.39, 0.29) is 23.8 Å². The fourth-order valence-corrected chi connectivity index (χ4v) is 3.97. The number of carbonyl (C=O) groups is 2. The second-order valence-corrected chi connectivity index (χ2v) is 7.53. The van der Waals surface area contributed by atoms with Crippen LogP contribution in [0.5, 0.6) is 0 Å². The molecule has 1 N–H and O–H groups in total. The van der Waals surface area contributed by atoms with Gasteiger partial charge < -0.3 is 5.11 Å². The van der Waals surface area contributed by atoms with E-state index in [9.17, 15) is 14.7 Å². The quantitative estimate of drug-likeness (QED) is 0.805. The van der Waals surface area contributed by atoms with Crippen LogP contribution < -0.4 is 0 Å². The van der Waals surface area contributed by atoms with E-state index < -0.39 is 5.60 Å². The molecule has 20 heavy (non-hydrogen) atoms. The molecule has 114 valence electrons. The summed E-state index contributed by atoms with van der Waals surface area (Å²) in [7, 11) is 0. The summed E-state index contributed by atoms with van der Waals surface area (Å²) in [5.41, 5.74) is -1.05. The van der Waals surface area contributed by atoms with E-state index in [4.69, 9.17) is 0 Å². The van der Waals surface area contributed by atoms with Gasteiger partial charge in [-0.2, -0.15) is 0 Å². The molecule has 0 aromatic rings. The molecule has 1 unspecified atom stereocenters. The summed E-state index contributed by atoms with van der Waals surface area (Å²) < 4.78 is 0. The molecule has 1 spiro atoms. The highest BCUT2D eigenvalue weighted by molar-refractivity contribution is 5.98. The summed E-state index contributed by atoms with van der Waals surface area (Å²) in [4.78, 5) is 25.9. The largest absolute Gasteiger partial charge is 0.388 e. The molecular formula is C16H27NO3. The van der Waals surface area contributed by atoms with Crippen LogP contribution in [0, 0.1) is 11.3 Å². The lowest BCUT2D eigenvalue weighted by Gasteiger charge is -2.40. The van der Waals surface area contributed by atoms with Crippen LogP contribution in [0.4, 0.5) is 0 Å². The van der Waals surface area contributed by atoms with Crippen LogP contribution in [0.1, 0.15) is 65.7 Å². The zero-order valence-corrected chi connectivity index (χ0v) is 12.9. The average Bonchev–Trinajstić information content (AvgIpc) is 2.70. The first-order valence-corrected chi connectivity index (χ1v) is 7.79. The van der Waals surface area contributed by atoms with Crippen LogP contribution in [-0.4, -0.2) is 34.0 Å². The van der Waals surface area contributed by atoms with Gasteiger partial charge in [0.25, 0.3) is 0 Å². The summed E-state index contributed by atoms with van der Waals surface area (Å²) in [6.07, 6.45) is 5.82. The van der Waals surface area contributed by atoms with Crippen LogP contribution in [0.2, 0.25) is 0 Å². The molecule has 2 amide bonds. The number of likely N-dealkylation sites (tertiary alicyclic amines) is 1. The van der Waals surface area contributed by atoms with E-state index in [0.717, 1.165) is 25.7 Å². The highest BCUT2D eigenvalue weighted by atomic mass is 16.3. The van der Waals surface area contributed by atoms with Crippen LogP contribution >= 0.6 is 0 Å². The third kappa shape index (κ3) is 3.40. The smallest absolute Gasteiger partial charge is 0.229 e. The molecule has 2 rings (SSSR count). The van der Waals surface area contributed by atoms with E-state index >= 15 is 0 Å². The van der Waals surface area contributed by atoms with Crippen molar-refractivity contribution in [2.45, 2.75) is 71.3 Å². The van der Waals surface area contributed by atoms with Crippen LogP contribution in [0.25, 0.3) is 0 Å². The highest BCUT2D eigenvalue weighted by Crippen LogP contribution is 2.47. The van der Waals surface area contributed by atoms with Crippen molar-refractivity contribution in [2.75, 3.05) is 6.54 Å². The van der Waals surface area contributed by atoms with Crippen molar-refractivity contribution in [2.24, 2.45) is 11.3 Å². The molecule has 0 aromatic heterocycles. The number of piperidine rings is 1. The number of rotatable bonds is 4. The van der Waals surface area contributed by atoms with Gasteiger partial charge in [0.15, 0.2) is 0 Å². The maximum Gasteiger partial charge on any atom is 0.229 e. The number of nitrogens with zero attached hydrogens (tertiary/aromatic N) is 1. The maximum absolute atomic E-state index is 12.3. The fourth-order valence-electron chi connectivity index (χ4n) is 3.97. The standard InChI is InChI=1S/C16H27NO3/c1-12(2)8-15(3,20)11-17-13(18)9-16(10-14(17)19)6-4-5-7-16/h12,20H,4-11H2,1-3H3. The molecule has 0 bridgehead atoms. The average molecular weight is 281 g/mol. The minimum Gasteiger partial charge on any atom is -0.388 e. The second kappa shape index (κ2) is 5.47. The minimum atomic E-state index is -0.986. The van der Waals surface area contributed by atoms with Crippen molar-refractivity contribution in [1.29, 1.82) is 0 Å². The molecule has 1 heterocycles. The Morgan fingerprint density at radius 3 is 2.15 bits per heavy atom. The van der Waals surface area contributed by atoms with Crippen LogP contribution in [0.15, 0.2) is 0 Å². The zero-order chi connectivity index (χ0) is 15.0. The molecule has 4 nitrogen and oxygen atoms in total. The Morgan fingerprint density at radius 1 is 1.20 bits per heavy atom. The Bertz CT molecular complexity index is 375. The summed E-state index contributed by atoms with van der Waals surface area (Å²) in [6, 6.07) is 0. The molecule has 2 aliphatic rings. The van der Waals surface area contributed by atoms with E-state index in [0.29, 0.717) is 25.2 Å². The highest BCUT2D eigenvalue weighted by Gasteiger charge is 2.46. The predicted molar refractivity (Wildman–Crippen MR) is 76.9 cm³/mol. The SMILES string of the molecule is CC(C)CC(C)(O)CN1C(=O)CC2(CCCC2)CC1=O. The fraction of sp³-hybridized carbons (Fsp3) is 0.875. The lowest BCUT2D eigenvalue weighted by Crippen LogP contribution is -2.52. The third-order valence-electron chi connectivity index (χ3n) is 4.67. The third-order valence-corrected chi connectivity index (χ3v) is 4.67. The van der Waals surface area contributed by atoms with Gasteiger partial charge in [0.1, 0.15) is 0 Å².